The van der Waals surface area contributed by atoms with Crippen LogP contribution in [-0.2, 0) is 9.47 Å². The summed E-state index contributed by atoms with van der Waals surface area (Å²) in [4.78, 5) is 22.5. The standard InChI is InChI=1S/C25H28FN7O3/c1-27-22-10-19(30-24-15(11-29-33(22)24)25(34)31-18-6-5-17(18)26)16-12-32(23-14(16)4-3-8-28-23)20-7-9-36-13-21(20)35-2/h3-4,8,10-12,17-18,20-21,27H,5-7,9,13H2,1-2H3,(H,31,34)/t17-,18?,20-,21-/m1/s1. The third-order valence-electron chi connectivity index (χ3n) is 7.27. The van der Waals surface area contributed by atoms with Gasteiger partial charge in [0.05, 0.1) is 30.6 Å². The van der Waals surface area contributed by atoms with Crippen LogP contribution in [0.25, 0.3) is 27.9 Å². The smallest absolute Gasteiger partial charge is 0.257 e. The van der Waals surface area contributed by atoms with Gasteiger partial charge in [-0.15, -0.1) is 0 Å². The lowest BCUT2D eigenvalue weighted by molar-refractivity contribution is -0.0592. The second-order valence-corrected chi connectivity index (χ2v) is 9.27. The van der Waals surface area contributed by atoms with Gasteiger partial charge in [0.1, 0.15) is 29.3 Å². The average molecular weight is 494 g/mol. The third kappa shape index (κ3) is 3.70. The van der Waals surface area contributed by atoms with Crippen LogP contribution in [0.5, 0.6) is 0 Å². The Morgan fingerprint density at radius 3 is 2.92 bits per heavy atom. The van der Waals surface area contributed by atoms with Gasteiger partial charge in [-0.3, -0.25) is 4.79 Å². The number of carbonyl (C=O) groups excluding carboxylic acids is 1. The summed E-state index contributed by atoms with van der Waals surface area (Å²) in [5, 5.41) is 11.2. The van der Waals surface area contributed by atoms with Crippen molar-refractivity contribution in [1.29, 1.82) is 0 Å². The van der Waals surface area contributed by atoms with Crippen molar-refractivity contribution >= 4 is 28.4 Å². The van der Waals surface area contributed by atoms with Gasteiger partial charge >= 0.3 is 0 Å². The predicted octanol–water partition coefficient (Wildman–Crippen LogP) is 2.99. The number of rotatable bonds is 6. The van der Waals surface area contributed by atoms with Gasteiger partial charge in [-0.05, 0) is 31.4 Å². The summed E-state index contributed by atoms with van der Waals surface area (Å²) in [5.74, 6) is 0.296. The lowest BCUT2D eigenvalue weighted by atomic mass is 9.90. The van der Waals surface area contributed by atoms with Crippen LogP contribution in [0.1, 0.15) is 35.7 Å². The molecule has 11 heteroatoms. The van der Waals surface area contributed by atoms with E-state index in [4.69, 9.17) is 14.5 Å². The minimum absolute atomic E-state index is 0.0647. The SMILES string of the molecule is CNc1cc(-c2cn([C@@H]3CCOC[C@H]3OC)c3ncccc23)nc2c(C(=O)NC3CC[C@H]3F)cnn12. The number of hydrogen-bond acceptors (Lipinski definition) is 7. The van der Waals surface area contributed by atoms with Crippen LogP contribution in [0.2, 0.25) is 0 Å². The number of amides is 1. The Morgan fingerprint density at radius 1 is 1.28 bits per heavy atom. The van der Waals surface area contributed by atoms with E-state index in [-0.39, 0.29) is 18.1 Å². The van der Waals surface area contributed by atoms with Crippen molar-refractivity contribution in [2.75, 3.05) is 32.7 Å². The van der Waals surface area contributed by atoms with E-state index in [1.54, 1.807) is 24.9 Å². The lowest BCUT2D eigenvalue weighted by Gasteiger charge is -2.31. The van der Waals surface area contributed by atoms with Gasteiger partial charge in [-0.1, -0.05) is 0 Å². The zero-order chi connectivity index (χ0) is 24.8. The molecule has 36 heavy (non-hydrogen) atoms. The van der Waals surface area contributed by atoms with E-state index in [9.17, 15) is 9.18 Å². The first-order valence-electron chi connectivity index (χ1n) is 12.2. The number of nitrogens with zero attached hydrogens (tertiary/aromatic N) is 5. The van der Waals surface area contributed by atoms with E-state index < -0.39 is 12.2 Å². The highest BCUT2D eigenvalue weighted by molar-refractivity contribution is 6.01. The number of halogens is 1. The first-order valence-corrected chi connectivity index (χ1v) is 12.2. The molecule has 2 aliphatic rings. The fourth-order valence-corrected chi connectivity index (χ4v) is 5.09. The van der Waals surface area contributed by atoms with Crippen LogP contribution >= 0.6 is 0 Å². The van der Waals surface area contributed by atoms with Gasteiger partial charge in [0, 0.05) is 50.2 Å². The van der Waals surface area contributed by atoms with E-state index in [2.05, 4.69) is 31.5 Å². The van der Waals surface area contributed by atoms with Crippen molar-refractivity contribution < 1.29 is 18.7 Å². The maximum atomic E-state index is 13.8. The molecular weight excluding hydrogens is 465 g/mol. The third-order valence-corrected chi connectivity index (χ3v) is 7.27. The van der Waals surface area contributed by atoms with Crippen LogP contribution in [0.15, 0.2) is 36.8 Å². The van der Waals surface area contributed by atoms with E-state index >= 15 is 0 Å². The fraction of sp³-hybridized carbons (Fsp3) is 0.440. The van der Waals surface area contributed by atoms with Crippen LogP contribution in [-0.4, -0.2) is 75.7 Å². The molecule has 0 spiro atoms. The van der Waals surface area contributed by atoms with Crippen molar-refractivity contribution in [1.82, 2.24) is 29.5 Å². The van der Waals surface area contributed by atoms with Crippen LogP contribution in [0, 0.1) is 0 Å². The summed E-state index contributed by atoms with van der Waals surface area (Å²) in [6.45, 7) is 1.17. The van der Waals surface area contributed by atoms with E-state index in [0.29, 0.717) is 48.8 Å². The number of carbonyl (C=O) groups is 1. The summed E-state index contributed by atoms with van der Waals surface area (Å²) < 4.78 is 28.9. The minimum Gasteiger partial charge on any atom is -0.379 e. The Kier molecular flexibility index (Phi) is 5.81. The Hall–Kier alpha value is -3.57. The van der Waals surface area contributed by atoms with E-state index in [1.165, 1.54) is 6.20 Å². The molecule has 0 bridgehead atoms. The van der Waals surface area contributed by atoms with Gasteiger partial charge in [-0.2, -0.15) is 9.61 Å². The molecular formula is C25H28FN7O3. The van der Waals surface area contributed by atoms with Gasteiger partial charge in [0.25, 0.3) is 5.91 Å². The van der Waals surface area contributed by atoms with Gasteiger partial charge in [0.15, 0.2) is 5.65 Å². The van der Waals surface area contributed by atoms with Crippen LogP contribution in [0.4, 0.5) is 10.2 Å². The highest BCUT2D eigenvalue weighted by atomic mass is 19.1. The summed E-state index contributed by atoms with van der Waals surface area (Å²) in [7, 11) is 3.49. The number of aromatic nitrogens is 5. The number of alkyl halides is 1. The summed E-state index contributed by atoms with van der Waals surface area (Å²) in [6.07, 6.45) is 6.11. The Bertz CT molecular complexity index is 1430. The Morgan fingerprint density at radius 2 is 2.17 bits per heavy atom. The van der Waals surface area contributed by atoms with Gasteiger partial charge < -0.3 is 24.7 Å². The first kappa shape index (κ1) is 22.9. The summed E-state index contributed by atoms with van der Waals surface area (Å²) >= 11 is 0. The topological polar surface area (TPSA) is 108 Å². The second-order valence-electron chi connectivity index (χ2n) is 9.27. The van der Waals surface area contributed by atoms with Crippen molar-refractivity contribution in [2.24, 2.45) is 0 Å². The molecule has 4 atom stereocenters. The van der Waals surface area contributed by atoms with Crippen LogP contribution < -0.4 is 10.6 Å². The molecule has 1 amide bonds. The first-order chi connectivity index (χ1) is 17.6. The Labute approximate surface area is 206 Å². The quantitative estimate of drug-likeness (QED) is 0.425. The zero-order valence-corrected chi connectivity index (χ0v) is 20.1. The van der Waals surface area contributed by atoms with Gasteiger partial charge in [0.2, 0.25) is 0 Å². The van der Waals surface area contributed by atoms with Crippen molar-refractivity contribution in [3.63, 3.8) is 0 Å². The van der Waals surface area contributed by atoms with Crippen molar-refractivity contribution in [3.8, 4) is 11.3 Å². The van der Waals surface area contributed by atoms with Gasteiger partial charge in [-0.25, -0.2) is 14.4 Å². The minimum atomic E-state index is -1.01. The monoisotopic (exact) mass is 493 g/mol. The fourth-order valence-electron chi connectivity index (χ4n) is 5.09. The molecule has 0 aromatic carbocycles. The van der Waals surface area contributed by atoms with Crippen LogP contribution in [0.3, 0.4) is 0 Å². The van der Waals surface area contributed by atoms with E-state index in [0.717, 1.165) is 23.0 Å². The summed E-state index contributed by atoms with van der Waals surface area (Å²) in [6, 6.07) is 5.42. The highest BCUT2D eigenvalue weighted by Crippen LogP contribution is 2.35. The predicted molar refractivity (Wildman–Crippen MR) is 132 cm³/mol. The molecule has 2 N–H and O–H groups in total. The average Bonchev–Trinajstić information content (AvgIpc) is 3.52. The number of fused-ring (bicyclic) bond motifs is 2. The molecule has 1 unspecified atom stereocenters. The number of pyridine rings is 1. The zero-order valence-electron chi connectivity index (χ0n) is 20.1. The molecule has 10 nitrogen and oxygen atoms in total. The molecule has 188 valence electrons. The number of methoxy groups -OCH3 is 1. The molecule has 5 heterocycles. The van der Waals surface area contributed by atoms with Crippen molar-refractivity contribution in [2.45, 2.75) is 43.6 Å². The maximum Gasteiger partial charge on any atom is 0.257 e. The Balaban J connectivity index is 1.47. The molecule has 2 fully saturated rings. The number of anilines is 1. The largest absolute Gasteiger partial charge is 0.379 e. The highest BCUT2D eigenvalue weighted by Gasteiger charge is 2.33. The maximum absolute atomic E-state index is 13.8. The second kappa shape index (κ2) is 9.14. The van der Waals surface area contributed by atoms with Crippen molar-refractivity contribution in [3.05, 3.63) is 42.4 Å². The molecule has 1 saturated heterocycles. The molecule has 1 saturated carbocycles. The normalized spacial score (nSPS) is 24.1. The number of ether oxygens (including phenoxy) is 2. The molecule has 4 aromatic heterocycles. The molecule has 1 aliphatic carbocycles. The summed E-state index contributed by atoms with van der Waals surface area (Å²) in [5.41, 5.74) is 3.09. The molecule has 0 radical (unpaired) electrons. The lowest BCUT2D eigenvalue weighted by Crippen LogP contribution is -2.48. The number of hydrogen-bond donors (Lipinski definition) is 2. The molecule has 4 aromatic rings. The number of nitrogens with one attached hydrogen (secondary N) is 2. The molecule has 6 rings (SSSR count). The molecule has 1 aliphatic heterocycles. The van der Waals surface area contributed by atoms with E-state index in [1.807, 2.05) is 18.2 Å².